The summed E-state index contributed by atoms with van der Waals surface area (Å²) >= 11 is 12.0. The first-order valence-corrected chi connectivity index (χ1v) is 7.28. The molecule has 1 aliphatic heterocycles. The summed E-state index contributed by atoms with van der Waals surface area (Å²) in [6, 6.07) is 1.85. The van der Waals surface area contributed by atoms with Gasteiger partial charge in [0.2, 0.25) is 0 Å². The molecule has 0 spiro atoms. The lowest BCUT2D eigenvalue weighted by atomic mass is 10.1. The number of hydrogen-bond acceptors (Lipinski definition) is 2. The van der Waals surface area contributed by atoms with E-state index in [0.29, 0.717) is 29.0 Å². The predicted molar refractivity (Wildman–Crippen MR) is 73.8 cm³/mol. The molecule has 1 aliphatic carbocycles. The smallest absolute Gasteiger partial charge is 0.270 e. The zero-order valence-corrected chi connectivity index (χ0v) is 12.2. The molecule has 0 bridgehead atoms. The second kappa shape index (κ2) is 5.00. The molecule has 1 amide bonds. The van der Waals surface area contributed by atoms with Gasteiger partial charge in [0.15, 0.2) is 0 Å². The molecular weight excluding hydrogens is 287 g/mol. The van der Waals surface area contributed by atoms with Gasteiger partial charge in [-0.15, -0.1) is 0 Å². The fourth-order valence-electron chi connectivity index (χ4n) is 3.07. The fourth-order valence-corrected chi connectivity index (χ4v) is 3.45. The normalized spacial score (nSPS) is 26.6. The highest BCUT2D eigenvalue weighted by atomic mass is 35.5. The van der Waals surface area contributed by atoms with E-state index in [1.54, 1.807) is 17.7 Å². The van der Waals surface area contributed by atoms with Crippen molar-refractivity contribution in [2.45, 2.75) is 31.4 Å². The third-order valence-electron chi connectivity index (χ3n) is 4.08. The molecule has 1 saturated heterocycles. The highest BCUT2D eigenvalue weighted by Crippen LogP contribution is 2.32. The number of aromatic nitrogens is 1. The Hall–Kier alpha value is -0.710. The monoisotopic (exact) mass is 302 g/mol. The Morgan fingerprint density at radius 2 is 2.21 bits per heavy atom. The Morgan fingerprint density at radius 3 is 2.89 bits per heavy atom. The van der Waals surface area contributed by atoms with Crippen LogP contribution >= 0.6 is 23.2 Å². The van der Waals surface area contributed by atoms with Gasteiger partial charge in [0.1, 0.15) is 10.8 Å². The van der Waals surface area contributed by atoms with Crippen molar-refractivity contribution in [3.63, 3.8) is 0 Å². The summed E-state index contributed by atoms with van der Waals surface area (Å²) in [7, 11) is 1.76. The van der Waals surface area contributed by atoms with E-state index < -0.39 is 0 Å². The number of ether oxygens (including phenoxy) is 1. The minimum absolute atomic E-state index is 0.00324. The summed E-state index contributed by atoms with van der Waals surface area (Å²) < 4.78 is 7.37. The summed E-state index contributed by atoms with van der Waals surface area (Å²) in [6.07, 6.45) is 3.38. The largest absolute Gasteiger partial charge is 0.374 e. The topological polar surface area (TPSA) is 34.5 Å². The highest BCUT2D eigenvalue weighted by molar-refractivity contribution is 6.41. The van der Waals surface area contributed by atoms with Crippen LogP contribution in [0.5, 0.6) is 0 Å². The molecule has 104 valence electrons. The lowest BCUT2D eigenvalue weighted by molar-refractivity contribution is -0.0448. The van der Waals surface area contributed by atoms with Crippen LogP contribution in [0.4, 0.5) is 0 Å². The van der Waals surface area contributed by atoms with E-state index in [2.05, 4.69) is 0 Å². The Bertz CT molecular complexity index is 515. The Morgan fingerprint density at radius 1 is 1.42 bits per heavy atom. The molecule has 0 N–H and O–H groups in total. The molecule has 1 aromatic rings. The van der Waals surface area contributed by atoms with Gasteiger partial charge in [-0.25, -0.2) is 0 Å². The van der Waals surface area contributed by atoms with Crippen molar-refractivity contribution >= 4 is 29.1 Å². The maximum absolute atomic E-state index is 12.7. The standard InChI is InChI=1S/C13H16Cl2N2O2/c1-16-10(7-8(14)12(16)15)13(18)17-5-6-19-11-4-2-3-9(11)17/h7,9,11H,2-6H2,1H3/t9-,11+/m1/s1. The molecule has 0 aromatic carbocycles. The van der Waals surface area contributed by atoms with Crippen LogP contribution in [0.3, 0.4) is 0 Å². The lowest BCUT2D eigenvalue weighted by Gasteiger charge is -2.37. The molecule has 2 atom stereocenters. The number of hydrogen-bond donors (Lipinski definition) is 0. The van der Waals surface area contributed by atoms with Crippen molar-refractivity contribution in [3.05, 3.63) is 21.9 Å². The number of halogens is 2. The first kappa shape index (κ1) is 13.3. The molecule has 0 radical (unpaired) electrons. The third kappa shape index (κ3) is 2.16. The van der Waals surface area contributed by atoms with Gasteiger partial charge < -0.3 is 14.2 Å². The molecule has 19 heavy (non-hydrogen) atoms. The summed E-state index contributed by atoms with van der Waals surface area (Å²) in [5.41, 5.74) is 0.544. The first-order chi connectivity index (χ1) is 9.09. The minimum atomic E-state index is -0.00324. The average Bonchev–Trinajstić information content (AvgIpc) is 2.98. The summed E-state index contributed by atoms with van der Waals surface area (Å²) in [6.45, 7) is 1.25. The number of fused-ring (bicyclic) bond motifs is 1. The van der Waals surface area contributed by atoms with E-state index in [4.69, 9.17) is 27.9 Å². The van der Waals surface area contributed by atoms with E-state index in [1.165, 1.54) is 0 Å². The quantitative estimate of drug-likeness (QED) is 0.799. The van der Waals surface area contributed by atoms with E-state index in [1.807, 2.05) is 4.90 Å². The number of amides is 1. The lowest BCUT2D eigenvalue weighted by Crippen LogP contribution is -2.51. The van der Waals surface area contributed by atoms with Crippen LogP contribution in [-0.2, 0) is 11.8 Å². The van der Waals surface area contributed by atoms with Crippen LogP contribution in [0.1, 0.15) is 29.8 Å². The molecule has 1 aromatic heterocycles. The van der Waals surface area contributed by atoms with E-state index in [9.17, 15) is 4.79 Å². The SMILES string of the molecule is Cn1c(C(=O)N2CCO[C@H]3CCC[C@H]32)cc(Cl)c1Cl. The van der Waals surface area contributed by atoms with Crippen LogP contribution in [0.25, 0.3) is 0 Å². The molecule has 2 heterocycles. The van der Waals surface area contributed by atoms with Gasteiger partial charge in [0.25, 0.3) is 5.91 Å². The molecular formula is C13H16Cl2N2O2. The van der Waals surface area contributed by atoms with Gasteiger partial charge in [-0.2, -0.15) is 0 Å². The number of rotatable bonds is 1. The van der Waals surface area contributed by atoms with Gasteiger partial charge in [-0.3, -0.25) is 4.79 Å². The third-order valence-corrected chi connectivity index (χ3v) is 4.92. The van der Waals surface area contributed by atoms with Crippen LogP contribution in [0.15, 0.2) is 6.07 Å². The molecule has 3 rings (SSSR count). The van der Waals surface area contributed by atoms with Gasteiger partial charge in [-0.1, -0.05) is 23.2 Å². The maximum Gasteiger partial charge on any atom is 0.270 e. The van der Waals surface area contributed by atoms with Gasteiger partial charge in [-0.05, 0) is 25.3 Å². The number of nitrogens with zero attached hydrogens (tertiary/aromatic N) is 2. The average molecular weight is 303 g/mol. The van der Waals surface area contributed by atoms with E-state index in [0.717, 1.165) is 19.3 Å². The summed E-state index contributed by atoms with van der Waals surface area (Å²) in [5.74, 6) is -0.00324. The van der Waals surface area contributed by atoms with Crippen molar-refractivity contribution in [1.29, 1.82) is 0 Å². The number of carbonyl (C=O) groups excluding carboxylic acids is 1. The zero-order valence-electron chi connectivity index (χ0n) is 10.7. The molecule has 2 aliphatic rings. The number of carbonyl (C=O) groups is 1. The Kier molecular flexibility index (Phi) is 3.50. The van der Waals surface area contributed by atoms with Gasteiger partial charge in [0.05, 0.1) is 23.8 Å². The van der Waals surface area contributed by atoms with Crippen LogP contribution in [0.2, 0.25) is 10.2 Å². The van der Waals surface area contributed by atoms with Crippen LogP contribution < -0.4 is 0 Å². The van der Waals surface area contributed by atoms with Gasteiger partial charge >= 0.3 is 0 Å². The second-order valence-electron chi connectivity index (χ2n) is 5.13. The fraction of sp³-hybridized carbons (Fsp3) is 0.615. The van der Waals surface area contributed by atoms with Crippen molar-refractivity contribution in [1.82, 2.24) is 9.47 Å². The van der Waals surface area contributed by atoms with E-state index >= 15 is 0 Å². The Labute approximate surface area is 122 Å². The van der Waals surface area contributed by atoms with Crippen LogP contribution in [0, 0.1) is 0 Å². The van der Waals surface area contributed by atoms with Crippen molar-refractivity contribution in [2.24, 2.45) is 7.05 Å². The first-order valence-electron chi connectivity index (χ1n) is 6.53. The molecule has 0 unspecified atom stereocenters. The summed E-state index contributed by atoms with van der Waals surface area (Å²) in [4.78, 5) is 14.6. The zero-order chi connectivity index (χ0) is 13.6. The second-order valence-corrected chi connectivity index (χ2v) is 5.90. The van der Waals surface area contributed by atoms with Crippen molar-refractivity contribution < 1.29 is 9.53 Å². The molecule has 2 fully saturated rings. The molecule has 4 nitrogen and oxygen atoms in total. The Balaban J connectivity index is 1.88. The predicted octanol–water partition coefficient (Wildman–Crippen LogP) is 2.73. The number of morpholine rings is 1. The van der Waals surface area contributed by atoms with Crippen molar-refractivity contribution in [2.75, 3.05) is 13.2 Å². The maximum atomic E-state index is 12.7. The van der Waals surface area contributed by atoms with Crippen molar-refractivity contribution in [3.8, 4) is 0 Å². The molecule has 6 heteroatoms. The van der Waals surface area contributed by atoms with Crippen LogP contribution in [-0.4, -0.2) is 40.7 Å². The summed E-state index contributed by atoms with van der Waals surface area (Å²) in [5, 5.41) is 0.824. The minimum Gasteiger partial charge on any atom is -0.374 e. The van der Waals surface area contributed by atoms with E-state index in [-0.39, 0.29) is 18.1 Å². The van der Waals surface area contributed by atoms with Gasteiger partial charge in [0, 0.05) is 13.6 Å². The molecule has 1 saturated carbocycles. The highest BCUT2D eigenvalue weighted by Gasteiger charge is 2.39.